The first-order chi connectivity index (χ1) is 9.54. The lowest BCUT2D eigenvalue weighted by atomic mass is 10.1. The number of nitrogens with one attached hydrogen (secondary N) is 1. The molecule has 1 saturated carbocycles. The SMILES string of the molecule is CC(NC(C(=O)O)C1CC1)c1cc2cc(Br)ccc2o1. The molecule has 0 aliphatic heterocycles. The zero-order valence-corrected chi connectivity index (χ0v) is 12.7. The highest BCUT2D eigenvalue weighted by atomic mass is 79.9. The smallest absolute Gasteiger partial charge is 0.321 e. The summed E-state index contributed by atoms with van der Waals surface area (Å²) in [6.45, 7) is 1.94. The van der Waals surface area contributed by atoms with Gasteiger partial charge in [0.1, 0.15) is 17.4 Å². The summed E-state index contributed by atoms with van der Waals surface area (Å²) in [5.41, 5.74) is 0.815. The van der Waals surface area contributed by atoms with E-state index in [4.69, 9.17) is 4.42 Å². The molecule has 2 aromatic rings. The summed E-state index contributed by atoms with van der Waals surface area (Å²) >= 11 is 3.43. The van der Waals surface area contributed by atoms with Crippen molar-refractivity contribution in [3.63, 3.8) is 0 Å². The number of halogens is 1. The molecule has 20 heavy (non-hydrogen) atoms. The third-order valence-corrected chi connectivity index (χ3v) is 4.21. The Bertz CT molecular complexity index is 648. The first-order valence-corrected chi connectivity index (χ1v) is 7.52. The number of furan rings is 1. The molecule has 1 fully saturated rings. The average molecular weight is 338 g/mol. The second kappa shape index (κ2) is 5.22. The number of benzene rings is 1. The normalized spacial score (nSPS) is 18.1. The van der Waals surface area contributed by atoms with Gasteiger partial charge in [-0.1, -0.05) is 15.9 Å². The molecule has 2 unspecified atom stereocenters. The van der Waals surface area contributed by atoms with Crippen molar-refractivity contribution in [3.05, 3.63) is 34.5 Å². The lowest BCUT2D eigenvalue weighted by molar-refractivity contribution is -0.140. The standard InChI is InChI=1S/C15H16BrNO3/c1-8(17-14(15(18)19)9-2-3-9)13-7-10-6-11(16)4-5-12(10)20-13/h4-9,14,17H,2-3H2,1H3,(H,18,19). The van der Waals surface area contributed by atoms with Gasteiger partial charge in [-0.15, -0.1) is 0 Å². The summed E-state index contributed by atoms with van der Waals surface area (Å²) in [5, 5.41) is 13.4. The van der Waals surface area contributed by atoms with Crippen LogP contribution in [0.2, 0.25) is 0 Å². The van der Waals surface area contributed by atoms with Crippen LogP contribution in [-0.4, -0.2) is 17.1 Å². The van der Waals surface area contributed by atoms with E-state index in [0.29, 0.717) is 0 Å². The average Bonchev–Trinajstić information content (AvgIpc) is 3.14. The molecular weight excluding hydrogens is 322 g/mol. The topological polar surface area (TPSA) is 62.5 Å². The summed E-state index contributed by atoms with van der Waals surface area (Å²) in [7, 11) is 0. The number of carboxylic acid groups (broad SMARTS) is 1. The van der Waals surface area contributed by atoms with Crippen LogP contribution in [0.15, 0.2) is 33.2 Å². The van der Waals surface area contributed by atoms with Crippen LogP contribution in [0.25, 0.3) is 11.0 Å². The molecule has 0 spiro atoms. The molecule has 5 heteroatoms. The highest BCUT2D eigenvalue weighted by Gasteiger charge is 2.37. The quantitative estimate of drug-likeness (QED) is 0.872. The molecule has 4 nitrogen and oxygen atoms in total. The van der Waals surface area contributed by atoms with E-state index in [1.54, 1.807) is 0 Å². The van der Waals surface area contributed by atoms with Gasteiger partial charge in [0.25, 0.3) is 0 Å². The molecule has 1 aromatic carbocycles. The molecule has 106 valence electrons. The van der Waals surface area contributed by atoms with Gasteiger partial charge >= 0.3 is 5.97 Å². The van der Waals surface area contributed by atoms with E-state index in [9.17, 15) is 9.90 Å². The highest BCUT2D eigenvalue weighted by molar-refractivity contribution is 9.10. The van der Waals surface area contributed by atoms with Gasteiger partial charge in [0.15, 0.2) is 0 Å². The van der Waals surface area contributed by atoms with Gasteiger partial charge in [-0.05, 0) is 49.9 Å². The predicted molar refractivity (Wildman–Crippen MR) is 79.6 cm³/mol. The van der Waals surface area contributed by atoms with Gasteiger partial charge in [-0.25, -0.2) is 0 Å². The molecule has 0 bridgehead atoms. The van der Waals surface area contributed by atoms with Crippen molar-refractivity contribution in [2.45, 2.75) is 31.8 Å². The minimum Gasteiger partial charge on any atom is -0.480 e. The van der Waals surface area contributed by atoms with E-state index in [0.717, 1.165) is 34.0 Å². The summed E-state index contributed by atoms with van der Waals surface area (Å²) in [5.74, 6) is 0.247. The van der Waals surface area contributed by atoms with E-state index >= 15 is 0 Å². The molecule has 0 amide bonds. The molecule has 0 radical (unpaired) electrons. The van der Waals surface area contributed by atoms with Gasteiger partial charge in [-0.3, -0.25) is 10.1 Å². The van der Waals surface area contributed by atoms with E-state index in [-0.39, 0.29) is 12.0 Å². The fourth-order valence-corrected chi connectivity index (χ4v) is 2.82. The summed E-state index contributed by atoms with van der Waals surface area (Å²) in [6.07, 6.45) is 1.98. The molecule has 1 aromatic heterocycles. The molecule has 3 rings (SSSR count). The highest BCUT2D eigenvalue weighted by Crippen LogP contribution is 2.34. The van der Waals surface area contributed by atoms with Crippen molar-refractivity contribution in [1.82, 2.24) is 5.32 Å². The zero-order valence-electron chi connectivity index (χ0n) is 11.1. The largest absolute Gasteiger partial charge is 0.480 e. The third-order valence-electron chi connectivity index (χ3n) is 3.71. The van der Waals surface area contributed by atoms with Crippen molar-refractivity contribution in [3.8, 4) is 0 Å². The summed E-state index contributed by atoms with van der Waals surface area (Å²) < 4.78 is 6.79. The van der Waals surface area contributed by atoms with Crippen molar-refractivity contribution in [2.24, 2.45) is 5.92 Å². The monoisotopic (exact) mass is 337 g/mol. The molecule has 1 aliphatic carbocycles. The Kier molecular flexibility index (Phi) is 3.56. The Morgan fingerprint density at radius 1 is 1.45 bits per heavy atom. The Morgan fingerprint density at radius 2 is 2.20 bits per heavy atom. The van der Waals surface area contributed by atoms with Gasteiger partial charge in [0, 0.05) is 9.86 Å². The van der Waals surface area contributed by atoms with Crippen molar-refractivity contribution in [2.75, 3.05) is 0 Å². The number of hydrogen-bond donors (Lipinski definition) is 2. The fraction of sp³-hybridized carbons (Fsp3) is 0.400. The molecule has 2 atom stereocenters. The minimum absolute atomic E-state index is 0.122. The van der Waals surface area contributed by atoms with E-state index < -0.39 is 12.0 Å². The lowest BCUT2D eigenvalue weighted by Gasteiger charge is -2.18. The Morgan fingerprint density at radius 3 is 2.85 bits per heavy atom. The van der Waals surface area contributed by atoms with Gasteiger partial charge in [-0.2, -0.15) is 0 Å². The van der Waals surface area contributed by atoms with Crippen molar-refractivity contribution >= 4 is 32.9 Å². The van der Waals surface area contributed by atoms with Crippen LogP contribution in [0, 0.1) is 5.92 Å². The first kappa shape index (κ1) is 13.6. The Balaban J connectivity index is 1.80. The maximum absolute atomic E-state index is 11.3. The number of carbonyl (C=O) groups is 1. The molecule has 1 heterocycles. The number of carboxylic acids is 1. The molecular formula is C15H16BrNO3. The third kappa shape index (κ3) is 2.74. The number of rotatable bonds is 5. The maximum Gasteiger partial charge on any atom is 0.321 e. The van der Waals surface area contributed by atoms with E-state index in [1.165, 1.54) is 0 Å². The second-order valence-corrected chi connectivity index (χ2v) is 6.29. The number of hydrogen-bond acceptors (Lipinski definition) is 3. The van der Waals surface area contributed by atoms with Crippen LogP contribution in [-0.2, 0) is 4.79 Å². The number of fused-ring (bicyclic) bond motifs is 1. The van der Waals surface area contributed by atoms with Crippen molar-refractivity contribution in [1.29, 1.82) is 0 Å². The Labute approximate surface area is 125 Å². The van der Waals surface area contributed by atoms with Gasteiger partial charge in [0.2, 0.25) is 0 Å². The van der Waals surface area contributed by atoms with E-state index in [2.05, 4.69) is 21.2 Å². The van der Waals surface area contributed by atoms with Crippen LogP contribution in [0.1, 0.15) is 31.6 Å². The predicted octanol–water partition coefficient (Wildman–Crippen LogP) is 3.71. The van der Waals surface area contributed by atoms with Gasteiger partial charge < -0.3 is 9.52 Å². The second-order valence-electron chi connectivity index (χ2n) is 5.37. The van der Waals surface area contributed by atoms with E-state index in [1.807, 2.05) is 31.2 Å². The molecule has 2 N–H and O–H groups in total. The summed E-state index contributed by atoms with van der Waals surface area (Å²) in [6, 6.07) is 7.19. The van der Waals surface area contributed by atoms with Crippen LogP contribution in [0.3, 0.4) is 0 Å². The molecule has 0 saturated heterocycles. The van der Waals surface area contributed by atoms with Gasteiger partial charge in [0.05, 0.1) is 6.04 Å². The summed E-state index contributed by atoms with van der Waals surface area (Å²) in [4.78, 5) is 11.3. The minimum atomic E-state index is -0.779. The maximum atomic E-state index is 11.3. The van der Waals surface area contributed by atoms with Crippen LogP contribution < -0.4 is 5.32 Å². The first-order valence-electron chi connectivity index (χ1n) is 6.72. The van der Waals surface area contributed by atoms with Crippen LogP contribution in [0.5, 0.6) is 0 Å². The van der Waals surface area contributed by atoms with Crippen molar-refractivity contribution < 1.29 is 14.3 Å². The number of aliphatic carboxylic acids is 1. The van der Waals surface area contributed by atoms with Crippen LogP contribution in [0.4, 0.5) is 0 Å². The lowest BCUT2D eigenvalue weighted by Crippen LogP contribution is -2.39. The van der Waals surface area contributed by atoms with Crippen LogP contribution >= 0.6 is 15.9 Å². The fourth-order valence-electron chi connectivity index (χ4n) is 2.44. The Hall–Kier alpha value is -1.33. The zero-order chi connectivity index (χ0) is 14.3. The molecule has 1 aliphatic rings.